The number of hydrogen-bond donors (Lipinski definition) is 2. The van der Waals surface area contributed by atoms with Gasteiger partial charge in [0.05, 0.1) is 6.10 Å². The second kappa shape index (κ2) is 8.49. The average molecular weight is 440 g/mol. The van der Waals surface area contributed by atoms with Crippen LogP contribution < -0.4 is 15.4 Å². The van der Waals surface area contributed by atoms with Gasteiger partial charge in [-0.25, -0.2) is 9.97 Å². The third-order valence-corrected chi connectivity index (χ3v) is 7.20. The molecule has 0 bridgehead atoms. The molecule has 0 saturated carbocycles. The number of aromatic nitrogens is 2. The number of thioether (sulfide) groups is 1. The predicted octanol–water partition coefficient (Wildman–Crippen LogP) is 2.16. The summed E-state index contributed by atoms with van der Waals surface area (Å²) in [6.07, 6.45) is 6.32. The Morgan fingerprint density at radius 3 is 2.71 bits per heavy atom. The van der Waals surface area contributed by atoms with Crippen molar-refractivity contribution in [1.82, 2.24) is 14.9 Å². The number of benzene rings is 1. The fourth-order valence-corrected chi connectivity index (χ4v) is 5.72. The van der Waals surface area contributed by atoms with Crippen molar-refractivity contribution in [3.05, 3.63) is 58.9 Å². The average Bonchev–Trinajstić information content (AvgIpc) is 3.39. The molecule has 3 N–H and O–H groups in total. The zero-order valence-corrected chi connectivity index (χ0v) is 17.9. The summed E-state index contributed by atoms with van der Waals surface area (Å²) in [5.41, 5.74) is 9.23. The van der Waals surface area contributed by atoms with Crippen molar-refractivity contribution >= 4 is 23.4 Å². The molecule has 2 aliphatic heterocycles. The molecule has 0 spiro atoms. The lowest BCUT2D eigenvalue weighted by Crippen LogP contribution is -2.50. The van der Waals surface area contributed by atoms with Crippen molar-refractivity contribution in [1.29, 1.82) is 0 Å². The van der Waals surface area contributed by atoms with Gasteiger partial charge in [0.15, 0.2) is 0 Å². The molecular weight excluding hydrogens is 414 g/mol. The summed E-state index contributed by atoms with van der Waals surface area (Å²) >= 11 is 1.60. The van der Waals surface area contributed by atoms with E-state index < -0.39 is 12.0 Å². The van der Waals surface area contributed by atoms with Gasteiger partial charge in [-0.3, -0.25) is 9.69 Å². The van der Waals surface area contributed by atoms with Crippen molar-refractivity contribution in [3.8, 4) is 6.01 Å². The molecule has 1 amide bonds. The van der Waals surface area contributed by atoms with Crippen LogP contribution >= 0.6 is 11.8 Å². The monoisotopic (exact) mass is 439 g/mol. The first-order valence-corrected chi connectivity index (χ1v) is 11.5. The predicted molar refractivity (Wildman–Crippen MR) is 118 cm³/mol. The van der Waals surface area contributed by atoms with E-state index in [9.17, 15) is 9.90 Å². The lowest BCUT2D eigenvalue weighted by atomic mass is 10.1. The van der Waals surface area contributed by atoms with Gasteiger partial charge in [0.1, 0.15) is 17.3 Å². The fraction of sp³-hybridized carbons (Fsp3) is 0.409. The molecule has 3 heterocycles. The SMILES string of the molecule is NC(=O)C1=CSC(N2CCC(Oc3ncccn3)CC2)N1c1ccc2c(c1)CCC2O. The minimum atomic E-state index is -0.435. The highest BCUT2D eigenvalue weighted by Crippen LogP contribution is 2.41. The topological polar surface area (TPSA) is 105 Å². The Morgan fingerprint density at radius 1 is 1.19 bits per heavy atom. The number of carbonyl (C=O) groups excluding carboxylic acids is 1. The summed E-state index contributed by atoms with van der Waals surface area (Å²) in [5, 5.41) is 12.0. The fourth-order valence-electron chi connectivity index (χ4n) is 4.50. The molecule has 8 nitrogen and oxygen atoms in total. The molecule has 1 aromatic carbocycles. The van der Waals surface area contributed by atoms with Gasteiger partial charge in [0, 0.05) is 36.6 Å². The number of anilines is 1. The highest BCUT2D eigenvalue weighted by Gasteiger charge is 2.37. The van der Waals surface area contributed by atoms with Gasteiger partial charge in [-0.05, 0) is 55.0 Å². The summed E-state index contributed by atoms with van der Waals surface area (Å²) < 4.78 is 5.92. The summed E-state index contributed by atoms with van der Waals surface area (Å²) in [6.45, 7) is 1.66. The molecular formula is C22H25N5O3S. The normalized spacial score (nSPS) is 24.2. The summed E-state index contributed by atoms with van der Waals surface area (Å²) in [6, 6.07) is 8.22. The largest absolute Gasteiger partial charge is 0.460 e. The Bertz CT molecular complexity index is 994. The van der Waals surface area contributed by atoms with E-state index in [2.05, 4.69) is 20.9 Å². The molecule has 1 aromatic heterocycles. The number of carbonyl (C=O) groups is 1. The highest BCUT2D eigenvalue weighted by atomic mass is 32.2. The van der Waals surface area contributed by atoms with Gasteiger partial charge >= 0.3 is 6.01 Å². The summed E-state index contributed by atoms with van der Waals surface area (Å²) in [7, 11) is 0. The van der Waals surface area contributed by atoms with Crippen LogP contribution in [-0.4, -0.2) is 50.6 Å². The molecule has 3 aliphatic rings. The van der Waals surface area contributed by atoms with Crippen molar-refractivity contribution < 1.29 is 14.6 Å². The molecule has 2 atom stereocenters. The van der Waals surface area contributed by atoms with Crippen LogP contribution in [0.2, 0.25) is 0 Å². The second-order valence-electron chi connectivity index (χ2n) is 8.02. The number of aliphatic hydroxyl groups excluding tert-OH is 1. The Labute approximate surface area is 185 Å². The van der Waals surface area contributed by atoms with Gasteiger partial charge in [-0.1, -0.05) is 17.8 Å². The third-order valence-electron chi connectivity index (χ3n) is 6.09. The quantitative estimate of drug-likeness (QED) is 0.730. The Kier molecular flexibility index (Phi) is 5.56. The number of nitrogens with zero attached hydrogens (tertiary/aromatic N) is 4. The molecule has 5 rings (SSSR count). The minimum Gasteiger partial charge on any atom is -0.460 e. The Balaban J connectivity index is 1.31. The van der Waals surface area contributed by atoms with E-state index in [1.54, 1.807) is 30.2 Å². The molecule has 1 saturated heterocycles. The molecule has 2 unspecified atom stereocenters. The van der Waals surface area contributed by atoms with E-state index in [4.69, 9.17) is 10.5 Å². The lowest BCUT2D eigenvalue weighted by molar-refractivity contribution is -0.114. The van der Waals surface area contributed by atoms with Gasteiger partial charge in [-0.15, -0.1) is 0 Å². The minimum absolute atomic E-state index is 0.0409. The number of rotatable bonds is 5. The van der Waals surface area contributed by atoms with Gasteiger partial charge in [0.2, 0.25) is 0 Å². The Hall–Kier alpha value is -2.62. The second-order valence-corrected chi connectivity index (χ2v) is 8.95. The number of fused-ring (bicyclic) bond motifs is 1. The van der Waals surface area contributed by atoms with Crippen molar-refractivity contribution in [3.63, 3.8) is 0 Å². The van der Waals surface area contributed by atoms with Crippen LogP contribution in [-0.2, 0) is 11.2 Å². The van der Waals surface area contributed by atoms with E-state index in [1.165, 1.54) is 0 Å². The van der Waals surface area contributed by atoms with Crippen molar-refractivity contribution in [2.75, 3.05) is 18.0 Å². The number of piperidine rings is 1. The summed E-state index contributed by atoms with van der Waals surface area (Å²) in [5.74, 6) is -0.435. The number of primary amides is 1. The number of aryl methyl sites for hydroxylation is 1. The maximum absolute atomic E-state index is 12.2. The van der Waals surface area contributed by atoms with E-state index in [0.717, 1.165) is 55.6 Å². The molecule has 2 aromatic rings. The van der Waals surface area contributed by atoms with Crippen LogP contribution in [0.25, 0.3) is 0 Å². The first kappa shape index (κ1) is 20.3. The van der Waals surface area contributed by atoms with Crippen LogP contribution in [0.15, 0.2) is 47.8 Å². The van der Waals surface area contributed by atoms with Crippen LogP contribution in [0.1, 0.15) is 36.5 Å². The number of amides is 1. The van der Waals surface area contributed by atoms with Crippen LogP contribution in [0.4, 0.5) is 5.69 Å². The van der Waals surface area contributed by atoms with Gasteiger partial charge in [-0.2, -0.15) is 0 Å². The van der Waals surface area contributed by atoms with Crippen LogP contribution in [0.3, 0.4) is 0 Å². The van der Waals surface area contributed by atoms with Crippen LogP contribution in [0, 0.1) is 0 Å². The number of nitrogens with two attached hydrogens (primary N) is 1. The van der Waals surface area contributed by atoms with E-state index >= 15 is 0 Å². The van der Waals surface area contributed by atoms with Crippen molar-refractivity contribution in [2.45, 2.75) is 43.4 Å². The highest BCUT2D eigenvalue weighted by molar-refractivity contribution is 8.03. The molecule has 0 radical (unpaired) electrons. The maximum Gasteiger partial charge on any atom is 0.316 e. The Morgan fingerprint density at radius 2 is 1.97 bits per heavy atom. The molecule has 31 heavy (non-hydrogen) atoms. The molecule has 162 valence electrons. The van der Waals surface area contributed by atoms with Gasteiger partial charge < -0.3 is 20.5 Å². The molecule has 1 fully saturated rings. The number of aliphatic hydroxyl groups is 1. The lowest BCUT2D eigenvalue weighted by Gasteiger charge is -2.40. The van der Waals surface area contributed by atoms with E-state index in [1.807, 2.05) is 22.4 Å². The number of hydrogen-bond acceptors (Lipinski definition) is 8. The smallest absolute Gasteiger partial charge is 0.316 e. The first-order valence-electron chi connectivity index (χ1n) is 10.5. The van der Waals surface area contributed by atoms with E-state index in [-0.39, 0.29) is 11.6 Å². The molecule has 9 heteroatoms. The number of ether oxygens (including phenoxy) is 1. The first-order chi connectivity index (χ1) is 15.1. The number of likely N-dealkylation sites (tertiary alicyclic amines) is 1. The third kappa shape index (κ3) is 4.00. The zero-order valence-electron chi connectivity index (χ0n) is 17.1. The molecule has 1 aliphatic carbocycles. The van der Waals surface area contributed by atoms with Crippen molar-refractivity contribution in [2.24, 2.45) is 5.73 Å². The summed E-state index contributed by atoms with van der Waals surface area (Å²) in [4.78, 5) is 24.8. The van der Waals surface area contributed by atoms with Gasteiger partial charge in [0.25, 0.3) is 5.91 Å². The maximum atomic E-state index is 12.2. The zero-order chi connectivity index (χ0) is 21.4. The van der Waals surface area contributed by atoms with E-state index in [0.29, 0.717) is 11.7 Å². The standard InChI is InChI=1S/C22H25N5O3S/c23-20(29)18-13-31-22(27(18)15-3-4-17-14(12-15)2-5-19(17)28)26-10-6-16(7-11-26)30-21-24-8-1-9-25-21/h1,3-4,8-9,12-13,16,19,22,28H,2,5-7,10-11H2,(H2,23,29). The van der Waals surface area contributed by atoms with Crippen LogP contribution in [0.5, 0.6) is 6.01 Å².